The minimum absolute atomic E-state index is 0.0641. The van der Waals surface area contributed by atoms with Crippen molar-refractivity contribution < 1.29 is 14.4 Å². The molecular formula is C24H19O3. The molecule has 0 saturated carbocycles. The van der Waals surface area contributed by atoms with Crippen LogP contribution >= 0.6 is 0 Å². The molecule has 0 heterocycles. The van der Waals surface area contributed by atoms with Crippen molar-refractivity contribution in [2.45, 2.75) is 20.8 Å². The highest BCUT2D eigenvalue weighted by Gasteiger charge is 2.28. The highest BCUT2D eigenvalue weighted by Crippen LogP contribution is 2.26. The van der Waals surface area contributed by atoms with Crippen molar-refractivity contribution in [1.29, 1.82) is 0 Å². The number of ketones is 2. The van der Waals surface area contributed by atoms with Crippen LogP contribution in [0.5, 0.6) is 0 Å². The zero-order valence-corrected chi connectivity index (χ0v) is 15.5. The van der Waals surface area contributed by atoms with Gasteiger partial charge in [-0.15, -0.1) is 0 Å². The van der Waals surface area contributed by atoms with Crippen molar-refractivity contribution in [2.24, 2.45) is 0 Å². The molecule has 0 fully saturated rings. The predicted molar refractivity (Wildman–Crippen MR) is 105 cm³/mol. The number of fused-ring (bicyclic) bond motifs is 2. The molecule has 0 atom stereocenters. The van der Waals surface area contributed by atoms with E-state index in [0.29, 0.717) is 27.8 Å². The van der Waals surface area contributed by atoms with Gasteiger partial charge < -0.3 is 0 Å². The summed E-state index contributed by atoms with van der Waals surface area (Å²) in [7, 11) is 0. The van der Waals surface area contributed by atoms with Gasteiger partial charge >= 0.3 is 0 Å². The van der Waals surface area contributed by atoms with E-state index in [4.69, 9.17) is 0 Å². The van der Waals surface area contributed by atoms with E-state index >= 15 is 0 Å². The molecule has 0 N–H and O–H groups in total. The maximum Gasteiger partial charge on any atom is 0.234 e. The number of benzene rings is 3. The summed E-state index contributed by atoms with van der Waals surface area (Å²) in [5, 5.41) is 0. The largest absolute Gasteiger partial charge is 0.289 e. The van der Waals surface area contributed by atoms with Crippen LogP contribution in [0.25, 0.3) is 0 Å². The molecule has 0 amide bonds. The smallest absolute Gasteiger partial charge is 0.234 e. The van der Waals surface area contributed by atoms with E-state index in [0.717, 1.165) is 11.1 Å². The molecule has 133 valence electrons. The lowest BCUT2D eigenvalue weighted by molar-refractivity contribution is 0.0979. The number of carbonyl (C=O) groups excluding carboxylic acids is 3. The highest BCUT2D eigenvalue weighted by molar-refractivity contribution is 6.28. The lowest BCUT2D eigenvalue weighted by atomic mass is 9.84. The monoisotopic (exact) mass is 355 g/mol. The summed E-state index contributed by atoms with van der Waals surface area (Å²) in [4.78, 5) is 34.6. The Labute approximate surface area is 158 Å². The fraction of sp³-hybridized carbons (Fsp3) is 0.125. The first-order chi connectivity index (χ1) is 12.9. The van der Waals surface area contributed by atoms with Crippen LogP contribution in [0, 0.1) is 20.8 Å². The SMILES string of the molecule is Cc1cc(C)c([C]=O)c(C)c1.O=C1c2ccccc2C(=O)c2ccccc21. The van der Waals surface area contributed by atoms with E-state index < -0.39 is 0 Å². The Balaban J connectivity index is 0.000000168. The van der Waals surface area contributed by atoms with E-state index in [-0.39, 0.29) is 11.6 Å². The van der Waals surface area contributed by atoms with Crippen molar-refractivity contribution in [3.63, 3.8) is 0 Å². The summed E-state index contributed by atoms with van der Waals surface area (Å²) in [5.74, 6) is -0.128. The molecule has 27 heavy (non-hydrogen) atoms. The summed E-state index contributed by atoms with van der Waals surface area (Å²) in [6, 6.07) is 17.9. The van der Waals surface area contributed by atoms with Gasteiger partial charge in [0.1, 0.15) is 0 Å². The zero-order valence-electron chi connectivity index (χ0n) is 15.5. The molecule has 3 aromatic rings. The van der Waals surface area contributed by atoms with Gasteiger partial charge in [0.2, 0.25) is 6.29 Å². The molecule has 3 heteroatoms. The molecule has 0 aliphatic heterocycles. The number of aryl methyl sites for hydroxylation is 3. The number of hydrogen-bond acceptors (Lipinski definition) is 3. The number of carbonyl (C=O) groups is 2. The zero-order chi connectivity index (χ0) is 19.6. The van der Waals surface area contributed by atoms with Gasteiger partial charge in [0.05, 0.1) is 0 Å². The molecule has 0 aromatic heterocycles. The summed E-state index contributed by atoms with van der Waals surface area (Å²) in [5.41, 5.74) is 5.94. The predicted octanol–water partition coefficient (Wildman–Crippen LogP) is 4.53. The van der Waals surface area contributed by atoms with Gasteiger partial charge in [0, 0.05) is 27.8 Å². The Morgan fingerprint density at radius 1 is 0.630 bits per heavy atom. The van der Waals surface area contributed by atoms with Gasteiger partial charge in [0.25, 0.3) is 0 Å². The van der Waals surface area contributed by atoms with Crippen molar-refractivity contribution in [1.82, 2.24) is 0 Å². The van der Waals surface area contributed by atoms with Crippen LogP contribution in [0.4, 0.5) is 0 Å². The summed E-state index contributed by atoms with van der Waals surface area (Å²) >= 11 is 0. The first-order valence-corrected chi connectivity index (χ1v) is 8.67. The van der Waals surface area contributed by atoms with Crippen LogP contribution < -0.4 is 0 Å². The van der Waals surface area contributed by atoms with Crippen molar-refractivity contribution in [3.8, 4) is 0 Å². The Morgan fingerprint density at radius 3 is 1.26 bits per heavy atom. The molecule has 3 aromatic carbocycles. The van der Waals surface area contributed by atoms with Crippen LogP contribution in [0.3, 0.4) is 0 Å². The third-order valence-corrected chi connectivity index (χ3v) is 4.61. The fourth-order valence-corrected chi connectivity index (χ4v) is 3.39. The quantitative estimate of drug-likeness (QED) is 0.504. The third kappa shape index (κ3) is 3.49. The van der Waals surface area contributed by atoms with Crippen LogP contribution in [0.2, 0.25) is 0 Å². The van der Waals surface area contributed by atoms with E-state index in [1.807, 2.05) is 39.2 Å². The van der Waals surface area contributed by atoms with Crippen LogP contribution in [-0.4, -0.2) is 17.9 Å². The van der Waals surface area contributed by atoms with Gasteiger partial charge in [-0.1, -0.05) is 66.2 Å². The van der Waals surface area contributed by atoms with Gasteiger partial charge in [-0.25, -0.2) is 0 Å². The fourth-order valence-electron chi connectivity index (χ4n) is 3.39. The number of hydrogen-bond donors (Lipinski definition) is 0. The lowest BCUT2D eigenvalue weighted by Gasteiger charge is -2.16. The average molecular weight is 355 g/mol. The summed E-state index contributed by atoms with van der Waals surface area (Å²) in [6.07, 6.45) is 1.94. The standard InChI is InChI=1S/C14H8O2.C10H11O/c15-13-9-5-1-2-6-10(9)14(16)12-8-4-3-7-11(12)13;1-7-4-8(2)10(6-11)9(3)5-7/h1-8H;4-5H,1-3H3. The Kier molecular flexibility index (Phi) is 5.13. The maximum absolute atomic E-state index is 12.1. The Morgan fingerprint density at radius 2 is 0.963 bits per heavy atom. The normalized spacial score (nSPS) is 11.8. The first-order valence-electron chi connectivity index (χ1n) is 8.67. The van der Waals surface area contributed by atoms with E-state index in [9.17, 15) is 14.4 Å². The van der Waals surface area contributed by atoms with Crippen LogP contribution in [-0.2, 0) is 4.79 Å². The highest BCUT2D eigenvalue weighted by atomic mass is 16.1. The molecule has 3 nitrogen and oxygen atoms in total. The van der Waals surface area contributed by atoms with Gasteiger partial charge in [0.15, 0.2) is 11.6 Å². The molecule has 0 saturated heterocycles. The average Bonchev–Trinajstić information content (AvgIpc) is 2.66. The molecule has 0 bridgehead atoms. The number of rotatable bonds is 1. The first kappa shape index (κ1) is 18.5. The molecule has 1 aliphatic rings. The van der Waals surface area contributed by atoms with Crippen molar-refractivity contribution in [3.05, 3.63) is 105 Å². The van der Waals surface area contributed by atoms with E-state index in [2.05, 4.69) is 0 Å². The Hall–Kier alpha value is -3.33. The topological polar surface area (TPSA) is 51.2 Å². The van der Waals surface area contributed by atoms with Gasteiger partial charge in [-0.3, -0.25) is 14.4 Å². The molecule has 0 spiro atoms. The molecule has 1 aliphatic carbocycles. The second kappa shape index (κ2) is 7.50. The second-order valence-corrected chi connectivity index (χ2v) is 6.63. The summed E-state index contributed by atoms with van der Waals surface area (Å²) < 4.78 is 0. The lowest BCUT2D eigenvalue weighted by Crippen LogP contribution is -2.20. The van der Waals surface area contributed by atoms with Crippen LogP contribution in [0.15, 0.2) is 60.7 Å². The molecule has 1 radical (unpaired) electrons. The van der Waals surface area contributed by atoms with E-state index in [1.165, 1.54) is 5.56 Å². The summed E-state index contributed by atoms with van der Waals surface area (Å²) in [6.45, 7) is 5.88. The molecular weight excluding hydrogens is 336 g/mol. The minimum Gasteiger partial charge on any atom is -0.289 e. The van der Waals surface area contributed by atoms with E-state index in [1.54, 1.807) is 48.5 Å². The third-order valence-electron chi connectivity index (χ3n) is 4.61. The molecule has 0 unspecified atom stereocenters. The van der Waals surface area contributed by atoms with Crippen molar-refractivity contribution >= 4 is 17.9 Å². The minimum atomic E-state index is -0.0641. The molecule has 4 rings (SSSR count). The van der Waals surface area contributed by atoms with Crippen molar-refractivity contribution in [2.75, 3.05) is 0 Å². The van der Waals surface area contributed by atoms with Gasteiger partial charge in [-0.05, 0) is 31.9 Å². The second-order valence-electron chi connectivity index (χ2n) is 6.63. The van der Waals surface area contributed by atoms with Crippen LogP contribution in [0.1, 0.15) is 54.1 Å². The maximum atomic E-state index is 12.1. The Bertz CT molecular complexity index is 932. The van der Waals surface area contributed by atoms with Gasteiger partial charge in [-0.2, -0.15) is 0 Å².